The number of carbonyl (C=O) groups is 1. The number of nitrogens with zero attached hydrogens (tertiary/aromatic N) is 2. The molecule has 20 heavy (non-hydrogen) atoms. The van der Waals surface area contributed by atoms with Crippen molar-refractivity contribution >= 4 is 17.5 Å². The molecule has 0 bridgehead atoms. The van der Waals surface area contributed by atoms with Gasteiger partial charge in [0.25, 0.3) is 0 Å². The fourth-order valence-corrected chi connectivity index (χ4v) is 3.02. The van der Waals surface area contributed by atoms with Gasteiger partial charge in [0.05, 0.1) is 0 Å². The Bertz CT molecular complexity index is 261. The van der Waals surface area contributed by atoms with Crippen LogP contribution in [-0.4, -0.2) is 54.3 Å². The number of hydrogen-bond acceptors (Lipinski definition) is 2. The summed E-state index contributed by atoms with van der Waals surface area (Å²) in [7, 11) is 0. The monoisotopic (exact) mass is 302 g/mol. The molecule has 0 unspecified atom stereocenters. The Hall–Kier alpha value is -0.280. The quantitative estimate of drug-likeness (QED) is 0.481. The zero-order valence-electron chi connectivity index (χ0n) is 13.1. The molecule has 0 radical (unpaired) electrons. The minimum atomic E-state index is 0.355. The Morgan fingerprint density at radius 1 is 1.00 bits per heavy atom. The largest absolute Gasteiger partial charge is 0.341 e. The molecular weight excluding hydrogens is 272 g/mol. The zero-order chi connectivity index (χ0) is 14.6. The van der Waals surface area contributed by atoms with Gasteiger partial charge in [-0.15, -0.1) is 11.6 Å². The lowest BCUT2D eigenvalue weighted by atomic mass is 10.1. The first kappa shape index (κ1) is 17.8. The Labute approximate surface area is 129 Å². The van der Waals surface area contributed by atoms with Crippen molar-refractivity contribution in [1.82, 2.24) is 9.80 Å². The Morgan fingerprint density at radius 3 is 2.50 bits per heavy atom. The normalized spacial score (nSPS) is 17.2. The standard InChI is InChI=1S/C16H31ClN2O/c1-2-3-4-5-6-7-9-16(20)19-12-8-11-18(13-10-17)14-15-19/h2-15H2,1H3. The van der Waals surface area contributed by atoms with Crippen LogP contribution in [0, 0.1) is 0 Å². The van der Waals surface area contributed by atoms with E-state index in [-0.39, 0.29) is 0 Å². The van der Waals surface area contributed by atoms with Gasteiger partial charge in [-0.3, -0.25) is 4.79 Å². The second kappa shape index (κ2) is 11.4. The molecule has 0 aromatic carbocycles. The molecule has 4 heteroatoms. The molecule has 1 amide bonds. The third kappa shape index (κ3) is 7.49. The minimum absolute atomic E-state index is 0.355. The van der Waals surface area contributed by atoms with E-state index in [4.69, 9.17) is 11.6 Å². The van der Waals surface area contributed by atoms with Crippen molar-refractivity contribution < 1.29 is 4.79 Å². The molecule has 1 aliphatic heterocycles. The van der Waals surface area contributed by atoms with Gasteiger partial charge in [-0.25, -0.2) is 0 Å². The van der Waals surface area contributed by atoms with E-state index in [1.165, 1.54) is 32.1 Å². The second-order valence-electron chi connectivity index (χ2n) is 5.78. The molecule has 0 aliphatic carbocycles. The van der Waals surface area contributed by atoms with Crippen LogP contribution in [0.1, 0.15) is 58.3 Å². The summed E-state index contributed by atoms with van der Waals surface area (Å²) in [5, 5.41) is 0. The summed E-state index contributed by atoms with van der Waals surface area (Å²) < 4.78 is 0. The highest BCUT2D eigenvalue weighted by molar-refractivity contribution is 6.18. The van der Waals surface area contributed by atoms with Crippen molar-refractivity contribution in [3.05, 3.63) is 0 Å². The first-order chi connectivity index (χ1) is 9.77. The highest BCUT2D eigenvalue weighted by atomic mass is 35.5. The van der Waals surface area contributed by atoms with Crippen LogP contribution in [0.4, 0.5) is 0 Å². The lowest BCUT2D eigenvalue weighted by Crippen LogP contribution is -2.35. The van der Waals surface area contributed by atoms with Crippen LogP contribution < -0.4 is 0 Å². The summed E-state index contributed by atoms with van der Waals surface area (Å²) in [6, 6.07) is 0. The summed E-state index contributed by atoms with van der Waals surface area (Å²) in [5.74, 6) is 1.04. The maximum atomic E-state index is 12.2. The first-order valence-electron chi connectivity index (χ1n) is 8.34. The predicted molar refractivity (Wildman–Crippen MR) is 86.4 cm³/mol. The van der Waals surface area contributed by atoms with Crippen LogP contribution in [0.3, 0.4) is 0 Å². The van der Waals surface area contributed by atoms with Gasteiger partial charge in [-0.2, -0.15) is 0 Å². The third-order valence-electron chi connectivity index (χ3n) is 4.09. The average molecular weight is 303 g/mol. The Kier molecular flexibility index (Phi) is 10.1. The SMILES string of the molecule is CCCCCCCCC(=O)N1CCCN(CCCl)CC1. The number of halogens is 1. The van der Waals surface area contributed by atoms with E-state index in [0.29, 0.717) is 11.8 Å². The number of unbranched alkanes of at least 4 members (excludes halogenated alkanes) is 5. The minimum Gasteiger partial charge on any atom is -0.341 e. The molecular formula is C16H31ClN2O. The van der Waals surface area contributed by atoms with Crippen LogP contribution in [0.5, 0.6) is 0 Å². The molecule has 1 fully saturated rings. The zero-order valence-corrected chi connectivity index (χ0v) is 13.8. The van der Waals surface area contributed by atoms with Crippen LogP contribution in [0.25, 0.3) is 0 Å². The van der Waals surface area contributed by atoms with E-state index in [1.807, 2.05) is 0 Å². The molecule has 0 aromatic rings. The average Bonchev–Trinajstić information content (AvgIpc) is 2.68. The molecule has 1 heterocycles. The Morgan fingerprint density at radius 2 is 1.75 bits per heavy atom. The molecule has 118 valence electrons. The van der Waals surface area contributed by atoms with Gasteiger partial charge in [0, 0.05) is 38.5 Å². The van der Waals surface area contributed by atoms with Gasteiger partial charge < -0.3 is 9.80 Å². The number of rotatable bonds is 9. The highest BCUT2D eigenvalue weighted by Gasteiger charge is 2.18. The molecule has 1 rings (SSSR count). The van der Waals surface area contributed by atoms with Gasteiger partial charge in [-0.1, -0.05) is 39.0 Å². The van der Waals surface area contributed by atoms with E-state index >= 15 is 0 Å². The van der Waals surface area contributed by atoms with E-state index < -0.39 is 0 Å². The summed E-state index contributed by atoms with van der Waals surface area (Å²) >= 11 is 5.79. The molecule has 0 saturated carbocycles. The van der Waals surface area contributed by atoms with Crippen molar-refractivity contribution in [3.8, 4) is 0 Å². The second-order valence-corrected chi connectivity index (χ2v) is 6.16. The van der Waals surface area contributed by atoms with Crippen molar-refractivity contribution in [3.63, 3.8) is 0 Å². The highest BCUT2D eigenvalue weighted by Crippen LogP contribution is 2.10. The third-order valence-corrected chi connectivity index (χ3v) is 4.26. The topological polar surface area (TPSA) is 23.6 Å². The number of amides is 1. The van der Waals surface area contributed by atoms with E-state index in [1.54, 1.807) is 0 Å². The molecule has 1 aliphatic rings. The van der Waals surface area contributed by atoms with Crippen molar-refractivity contribution in [1.29, 1.82) is 0 Å². The van der Waals surface area contributed by atoms with Crippen LogP contribution in [0.15, 0.2) is 0 Å². The number of alkyl halides is 1. The first-order valence-corrected chi connectivity index (χ1v) is 8.87. The maximum Gasteiger partial charge on any atom is 0.222 e. The fraction of sp³-hybridized carbons (Fsp3) is 0.938. The summed E-state index contributed by atoms with van der Waals surface area (Å²) in [4.78, 5) is 16.6. The van der Waals surface area contributed by atoms with E-state index in [9.17, 15) is 4.79 Å². The lowest BCUT2D eigenvalue weighted by Gasteiger charge is -2.21. The van der Waals surface area contributed by atoms with Crippen molar-refractivity contribution in [2.75, 3.05) is 38.6 Å². The van der Waals surface area contributed by atoms with Gasteiger partial charge in [0.15, 0.2) is 0 Å². The van der Waals surface area contributed by atoms with Gasteiger partial charge in [0.2, 0.25) is 5.91 Å². The molecule has 3 nitrogen and oxygen atoms in total. The molecule has 1 saturated heterocycles. The van der Waals surface area contributed by atoms with Crippen LogP contribution >= 0.6 is 11.6 Å². The summed E-state index contributed by atoms with van der Waals surface area (Å²) in [6.07, 6.45) is 9.30. The number of hydrogen-bond donors (Lipinski definition) is 0. The number of carbonyl (C=O) groups excluding carboxylic acids is 1. The molecule has 0 atom stereocenters. The van der Waals surface area contributed by atoms with E-state index in [2.05, 4.69) is 16.7 Å². The fourth-order valence-electron chi connectivity index (χ4n) is 2.78. The Balaban J connectivity index is 2.13. The van der Waals surface area contributed by atoms with E-state index in [0.717, 1.165) is 52.0 Å². The van der Waals surface area contributed by atoms with Crippen molar-refractivity contribution in [2.24, 2.45) is 0 Å². The summed E-state index contributed by atoms with van der Waals surface area (Å²) in [6.45, 7) is 7.04. The lowest BCUT2D eigenvalue weighted by molar-refractivity contribution is -0.131. The molecule has 0 aromatic heterocycles. The van der Waals surface area contributed by atoms with Gasteiger partial charge in [0.1, 0.15) is 0 Å². The maximum absolute atomic E-state index is 12.2. The van der Waals surface area contributed by atoms with Crippen LogP contribution in [-0.2, 0) is 4.79 Å². The van der Waals surface area contributed by atoms with Crippen molar-refractivity contribution in [2.45, 2.75) is 58.3 Å². The molecule has 0 N–H and O–H groups in total. The van der Waals surface area contributed by atoms with Gasteiger partial charge in [-0.05, 0) is 19.4 Å². The smallest absolute Gasteiger partial charge is 0.222 e. The van der Waals surface area contributed by atoms with Crippen LogP contribution in [0.2, 0.25) is 0 Å². The summed E-state index contributed by atoms with van der Waals surface area (Å²) in [5.41, 5.74) is 0. The predicted octanol–water partition coefficient (Wildman–Crippen LogP) is 3.51. The van der Waals surface area contributed by atoms with Gasteiger partial charge >= 0.3 is 0 Å². The molecule has 0 spiro atoms.